The Labute approximate surface area is 120 Å². The average molecular weight is 295 g/mol. The van der Waals surface area contributed by atoms with Gasteiger partial charge < -0.3 is 9.47 Å². The number of carbonyl (C=O) groups is 1. The molecule has 0 aliphatic rings. The van der Waals surface area contributed by atoms with Crippen LogP contribution in [0, 0.1) is 5.82 Å². The van der Waals surface area contributed by atoms with E-state index in [4.69, 9.17) is 21.1 Å². The van der Waals surface area contributed by atoms with Crippen LogP contribution in [0.4, 0.5) is 4.39 Å². The Morgan fingerprint density at radius 2 is 1.80 bits per heavy atom. The highest BCUT2D eigenvalue weighted by Crippen LogP contribution is 2.29. The van der Waals surface area contributed by atoms with E-state index in [2.05, 4.69) is 0 Å². The van der Waals surface area contributed by atoms with Gasteiger partial charge >= 0.3 is 0 Å². The Balaban J connectivity index is 2.54. The molecule has 2 aromatic rings. The average Bonchev–Trinajstić information content (AvgIpc) is 2.48. The number of ketones is 1. The number of rotatable bonds is 4. The minimum absolute atomic E-state index is 0.0817. The van der Waals surface area contributed by atoms with E-state index in [0.29, 0.717) is 11.5 Å². The van der Waals surface area contributed by atoms with Crippen LogP contribution in [0.3, 0.4) is 0 Å². The number of halogens is 2. The van der Waals surface area contributed by atoms with Crippen molar-refractivity contribution < 1.29 is 18.7 Å². The molecule has 0 amide bonds. The van der Waals surface area contributed by atoms with Crippen LogP contribution >= 0.6 is 11.6 Å². The second kappa shape index (κ2) is 5.92. The van der Waals surface area contributed by atoms with Crippen molar-refractivity contribution in [1.82, 2.24) is 0 Å². The molecule has 0 radical (unpaired) electrons. The van der Waals surface area contributed by atoms with Crippen molar-refractivity contribution in [2.24, 2.45) is 0 Å². The molecule has 0 unspecified atom stereocenters. The van der Waals surface area contributed by atoms with E-state index in [1.165, 1.54) is 32.4 Å². The molecule has 0 aromatic heterocycles. The molecule has 3 nitrogen and oxygen atoms in total. The molecule has 20 heavy (non-hydrogen) atoms. The number of carbonyl (C=O) groups excluding carboxylic acids is 1. The molecule has 0 atom stereocenters. The van der Waals surface area contributed by atoms with Gasteiger partial charge in [0.1, 0.15) is 17.3 Å². The maximum atomic E-state index is 13.3. The molecule has 5 heteroatoms. The lowest BCUT2D eigenvalue weighted by Crippen LogP contribution is -2.05. The summed E-state index contributed by atoms with van der Waals surface area (Å²) in [5.74, 6) is -0.0809. The number of methoxy groups -OCH3 is 2. The van der Waals surface area contributed by atoms with Crippen LogP contribution in [-0.4, -0.2) is 20.0 Å². The quantitative estimate of drug-likeness (QED) is 0.806. The van der Waals surface area contributed by atoms with Gasteiger partial charge in [-0.1, -0.05) is 11.6 Å². The Hall–Kier alpha value is -2.07. The standard InChI is InChI=1S/C15H12ClFO3/c1-19-10-4-6-14(20-2)12(8-10)15(18)11-7-9(17)3-5-13(11)16/h3-8H,1-2H3. The van der Waals surface area contributed by atoms with Crippen molar-refractivity contribution in [3.63, 3.8) is 0 Å². The highest BCUT2D eigenvalue weighted by molar-refractivity contribution is 6.35. The first-order valence-electron chi connectivity index (χ1n) is 5.78. The molecule has 0 bridgehead atoms. The van der Waals surface area contributed by atoms with Crippen LogP contribution in [0.5, 0.6) is 11.5 Å². The summed E-state index contributed by atoms with van der Waals surface area (Å²) in [6.07, 6.45) is 0. The largest absolute Gasteiger partial charge is 0.497 e. The summed E-state index contributed by atoms with van der Waals surface area (Å²) >= 11 is 5.95. The second-order valence-electron chi connectivity index (χ2n) is 4.02. The highest BCUT2D eigenvalue weighted by atomic mass is 35.5. The van der Waals surface area contributed by atoms with Crippen LogP contribution < -0.4 is 9.47 Å². The molecule has 0 N–H and O–H groups in total. The lowest BCUT2D eigenvalue weighted by Gasteiger charge is -2.10. The summed E-state index contributed by atoms with van der Waals surface area (Å²) in [6.45, 7) is 0. The first kappa shape index (κ1) is 14.3. The molecule has 0 heterocycles. The van der Waals surface area contributed by atoms with Crippen molar-refractivity contribution >= 4 is 17.4 Å². The third-order valence-corrected chi connectivity index (χ3v) is 3.15. The van der Waals surface area contributed by atoms with E-state index in [-0.39, 0.29) is 16.1 Å². The van der Waals surface area contributed by atoms with E-state index in [1.54, 1.807) is 12.1 Å². The number of ether oxygens (including phenoxy) is 2. The molecule has 0 saturated carbocycles. The van der Waals surface area contributed by atoms with Gasteiger partial charge in [-0.2, -0.15) is 0 Å². The highest BCUT2D eigenvalue weighted by Gasteiger charge is 2.18. The van der Waals surface area contributed by atoms with E-state index < -0.39 is 11.6 Å². The normalized spacial score (nSPS) is 10.2. The predicted molar refractivity (Wildman–Crippen MR) is 74.4 cm³/mol. The summed E-state index contributed by atoms with van der Waals surface area (Å²) in [4.78, 5) is 12.5. The zero-order valence-electron chi connectivity index (χ0n) is 10.9. The Kier molecular flexibility index (Phi) is 4.25. The van der Waals surface area contributed by atoms with Crippen LogP contribution in [-0.2, 0) is 0 Å². The minimum Gasteiger partial charge on any atom is -0.497 e. The van der Waals surface area contributed by atoms with Crippen LogP contribution in [0.1, 0.15) is 15.9 Å². The summed E-state index contributed by atoms with van der Waals surface area (Å²) in [5, 5.41) is 0.182. The third kappa shape index (κ3) is 2.75. The molecule has 104 valence electrons. The van der Waals surface area contributed by atoms with Crippen molar-refractivity contribution in [2.75, 3.05) is 14.2 Å². The number of benzene rings is 2. The topological polar surface area (TPSA) is 35.5 Å². The molecule has 0 fully saturated rings. The second-order valence-corrected chi connectivity index (χ2v) is 4.43. The summed E-state index contributed by atoms with van der Waals surface area (Å²) in [5.41, 5.74) is 0.345. The minimum atomic E-state index is -0.528. The maximum absolute atomic E-state index is 13.3. The van der Waals surface area contributed by atoms with Gasteiger partial charge in [0.15, 0.2) is 5.78 Å². The van der Waals surface area contributed by atoms with Gasteiger partial charge in [0.05, 0.1) is 24.8 Å². The Bertz CT molecular complexity index is 656. The fraction of sp³-hybridized carbons (Fsp3) is 0.133. The number of hydrogen-bond acceptors (Lipinski definition) is 3. The fourth-order valence-corrected chi connectivity index (χ4v) is 2.01. The molecule has 0 spiro atoms. The summed E-state index contributed by atoms with van der Waals surface area (Å²) in [6, 6.07) is 8.45. The van der Waals surface area contributed by atoms with Gasteiger partial charge in [0.25, 0.3) is 0 Å². The summed E-state index contributed by atoms with van der Waals surface area (Å²) < 4.78 is 23.5. The molecule has 0 aliphatic carbocycles. The van der Waals surface area contributed by atoms with Crippen molar-refractivity contribution in [3.8, 4) is 11.5 Å². The first-order valence-corrected chi connectivity index (χ1v) is 6.16. The molecule has 2 rings (SSSR count). The van der Waals surface area contributed by atoms with Gasteiger partial charge in [-0.05, 0) is 36.4 Å². The van der Waals surface area contributed by atoms with Crippen molar-refractivity contribution in [1.29, 1.82) is 0 Å². The van der Waals surface area contributed by atoms with Gasteiger partial charge in [-0.3, -0.25) is 4.79 Å². The van der Waals surface area contributed by atoms with Crippen LogP contribution in [0.25, 0.3) is 0 Å². The first-order chi connectivity index (χ1) is 9.56. The van der Waals surface area contributed by atoms with E-state index >= 15 is 0 Å². The summed E-state index contributed by atoms with van der Waals surface area (Å²) in [7, 11) is 2.94. The van der Waals surface area contributed by atoms with Gasteiger partial charge in [-0.15, -0.1) is 0 Å². The number of hydrogen-bond donors (Lipinski definition) is 0. The molecule has 0 aliphatic heterocycles. The van der Waals surface area contributed by atoms with E-state index in [1.807, 2.05) is 0 Å². The van der Waals surface area contributed by atoms with Gasteiger partial charge in [0, 0.05) is 5.56 Å². The monoisotopic (exact) mass is 294 g/mol. The molecule has 0 saturated heterocycles. The smallest absolute Gasteiger partial charge is 0.198 e. The third-order valence-electron chi connectivity index (χ3n) is 2.82. The lowest BCUT2D eigenvalue weighted by atomic mass is 10.0. The molecular weight excluding hydrogens is 283 g/mol. The predicted octanol–water partition coefficient (Wildman–Crippen LogP) is 3.73. The van der Waals surface area contributed by atoms with Crippen LogP contribution in [0.15, 0.2) is 36.4 Å². The maximum Gasteiger partial charge on any atom is 0.198 e. The van der Waals surface area contributed by atoms with E-state index in [0.717, 1.165) is 6.07 Å². The Morgan fingerprint density at radius 3 is 2.45 bits per heavy atom. The molecule has 2 aromatic carbocycles. The van der Waals surface area contributed by atoms with Crippen molar-refractivity contribution in [3.05, 3.63) is 58.4 Å². The van der Waals surface area contributed by atoms with Gasteiger partial charge in [0.2, 0.25) is 0 Å². The fourth-order valence-electron chi connectivity index (χ4n) is 1.81. The Morgan fingerprint density at radius 1 is 1.05 bits per heavy atom. The lowest BCUT2D eigenvalue weighted by molar-refractivity contribution is 0.103. The zero-order chi connectivity index (χ0) is 14.7. The molecular formula is C15H12ClFO3. The van der Waals surface area contributed by atoms with Gasteiger partial charge in [-0.25, -0.2) is 4.39 Å². The van der Waals surface area contributed by atoms with Crippen LogP contribution in [0.2, 0.25) is 5.02 Å². The zero-order valence-corrected chi connectivity index (χ0v) is 11.7. The van der Waals surface area contributed by atoms with Crippen molar-refractivity contribution in [2.45, 2.75) is 0 Å². The SMILES string of the molecule is COc1ccc(OC)c(C(=O)c2cc(F)ccc2Cl)c1. The van der Waals surface area contributed by atoms with E-state index in [9.17, 15) is 9.18 Å².